The van der Waals surface area contributed by atoms with E-state index in [1.165, 1.54) is 12.4 Å². The lowest BCUT2D eigenvalue weighted by atomic mass is 10.2. The fourth-order valence-electron chi connectivity index (χ4n) is 1.13. The second kappa shape index (κ2) is 5.90. The van der Waals surface area contributed by atoms with E-state index in [1.807, 2.05) is 0 Å². The Kier molecular flexibility index (Phi) is 4.53. The minimum atomic E-state index is -1.20. The molecule has 0 aromatic carbocycles. The fraction of sp³-hybridized carbons (Fsp3) is 0.400. The molecule has 1 amide bonds. The third-order valence-electron chi connectivity index (χ3n) is 2.03. The molecule has 92 valence electrons. The van der Waals surface area contributed by atoms with Crippen molar-refractivity contribution >= 4 is 11.9 Å². The third kappa shape index (κ3) is 3.80. The summed E-state index contributed by atoms with van der Waals surface area (Å²) in [6, 6.07) is -1.13. The molecular weight excluding hydrogens is 226 g/mol. The number of aliphatic carboxylic acids is 1. The van der Waals surface area contributed by atoms with E-state index in [0.29, 0.717) is 5.69 Å². The molecule has 7 heteroatoms. The molecule has 0 radical (unpaired) electrons. The lowest BCUT2D eigenvalue weighted by molar-refractivity contribution is -0.139. The number of aliphatic hydroxyl groups is 1. The van der Waals surface area contributed by atoms with Crippen molar-refractivity contribution < 1.29 is 19.8 Å². The number of hydrogen-bond acceptors (Lipinski definition) is 5. The number of carboxylic acid groups (broad SMARTS) is 1. The van der Waals surface area contributed by atoms with E-state index in [4.69, 9.17) is 10.2 Å². The van der Waals surface area contributed by atoms with E-state index in [0.717, 1.165) is 0 Å². The lowest BCUT2D eigenvalue weighted by Gasteiger charge is -2.12. The van der Waals surface area contributed by atoms with Crippen LogP contribution < -0.4 is 5.32 Å². The highest BCUT2D eigenvalue weighted by atomic mass is 16.4. The van der Waals surface area contributed by atoms with E-state index in [-0.39, 0.29) is 18.7 Å². The number of nitrogens with zero attached hydrogens (tertiary/aromatic N) is 2. The molecule has 17 heavy (non-hydrogen) atoms. The average Bonchev–Trinajstić information content (AvgIpc) is 2.29. The SMILES string of the molecule is Cc1cnc(C(=O)N[C@@H](CCO)C(=O)O)cn1. The summed E-state index contributed by atoms with van der Waals surface area (Å²) in [5, 5.41) is 19.7. The highest BCUT2D eigenvalue weighted by Gasteiger charge is 2.20. The van der Waals surface area contributed by atoms with Crippen LogP contribution in [0.15, 0.2) is 12.4 Å². The van der Waals surface area contributed by atoms with Crippen molar-refractivity contribution in [2.24, 2.45) is 0 Å². The van der Waals surface area contributed by atoms with Gasteiger partial charge in [0.15, 0.2) is 0 Å². The molecule has 1 aromatic rings. The van der Waals surface area contributed by atoms with Gasteiger partial charge in [0.1, 0.15) is 11.7 Å². The first-order valence-electron chi connectivity index (χ1n) is 4.97. The van der Waals surface area contributed by atoms with E-state index in [9.17, 15) is 9.59 Å². The van der Waals surface area contributed by atoms with Gasteiger partial charge in [-0.1, -0.05) is 0 Å². The number of rotatable bonds is 5. The molecule has 0 aliphatic carbocycles. The maximum absolute atomic E-state index is 11.6. The summed E-state index contributed by atoms with van der Waals surface area (Å²) < 4.78 is 0. The minimum absolute atomic E-state index is 0.0415. The normalized spacial score (nSPS) is 11.9. The van der Waals surface area contributed by atoms with Crippen LogP contribution in [0.2, 0.25) is 0 Å². The highest BCUT2D eigenvalue weighted by Crippen LogP contribution is 1.97. The maximum atomic E-state index is 11.6. The Morgan fingerprint density at radius 3 is 2.59 bits per heavy atom. The first-order valence-corrected chi connectivity index (χ1v) is 4.97. The molecule has 0 saturated carbocycles. The van der Waals surface area contributed by atoms with Crippen molar-refractivity contribution in [1.82, 2.24) is 15.3 Å². The van der Waals surface area contributed by atoms with Gasteiger partial charge in [0, 0.05) is 19.2 Å². The molecule has 0 bridgehead atoms. The van der Waals surface area contributed by atoms with Gasteiger partial charge in [-0.05, 0) is 6.92 Å². The molecular formula is C10H13N3O4. The van der Waals surface area contributed by atoms with E-state index >= 15 is 0 Å². The Morgan fingerprint density at radius 1 is 1.41 bits per heavy atom. The zero-order valence-electron chi connectivity index (χ0n) is 9.25. The molecule has 1 heterocycles. The maximum Gasteiger partial charge on any atom is 0.326 e. The first-order chi connectivity index (χ1) is 8.04. The summed E-state index contributed by atoms with van der Waals surface area (Å²) in [5.74, 6) is -1.83. The largest absolute Gasteiger partial charge is 0.480 e. The van der Waals surface area contributed by atoms with Gasteiger partial charge in [0.05, 0.1) is 11.9 Å². The minimum Gasteiger partial charge on any atom is -0.480 e. The highest BCUT2D eigenvalue weighted by molar-refractivity contribution is 5.94. The predicted octanol–water partition coefficient (Wildman–Crippen LogP) is -0.650. The predicted molar refractivity (Wildman–Crippen MR) is 57.4 cm³/mol. The number of nitrogens with one attached hydrogen (secondary N) is 1. The van der Waals surface area contributed by atoms with Crippen molar-refractivity contribution in [2.75, 3.05) is 6.61 Å². The zero-order chi connectivity index (χ0) is 12.8. The molecule has 0 aliphatic heterocycles. The number of carboxylic acids is 1. The van der Waals surface area contributed by atoms with Crippen LogP contribution in [0.25, 0.3) is 0 Å². The quantitative estimate of drug-likeness (QED) is 0.629. The smallest absolute Gasteiger partial charge is 0.326 e. The number of aliphatic hydroxyl groups excluding tert-OH is 1. The number of carbonyl (C=O) groups excluding carboxylic acids is 1. The van der Waals surface area contributed by atoms with Crippen molar-refractivity contribution in [1.29, 1.82) is 0 Å². The molecule has 3 N–H and O–H groups in total. The van der Waals surface area contributed by atoms with Crippen LogP contribution >= 0.6 is 0 Å². The molecule has 0 fully saturated rings. The standard InChI is InChI=1S/C10H13N3O4/c1-6-4-12-8(5-11-6)9(15)13-7(2-3-14)10(16)17/h4-5,7,14H,2-3H2,1H3,(H,13,15)(H,16,17)/t7-/m0/s1. The molecule has 1 atom stereocenters. The van der Waals surface area contributed by atoms with Gasteiger partial charge >= 0.3 is 5.97 Å². The van der Waals surface area contributed by atoms with Crippen molar-refractivity contribution in [2.45, 2.75) is 19.4 Å². The first kappa shape index (κ1) is 13.0. The topological polar surface area (TPSA) is 112 Å². The number of aryl methyl sites for hydroxylation is 1. The summed E-state index contributed by atoms with van der Waals surface area (Å²) in [6.45, 7) is 1.40. The number of hydrogen-bond donors (Lipinski definition) is 3. The Morgan fingerprint density at radius 2 is 2.12 bits per heavy atom. The van der Waals surface area contributed by atoms with E-state index < -0.39 is 17.9 Å². The molecule has 0 spiro atoms. The van der Waals surface area contributed by atoms with Crippen molar-refractivity contribution in [3.63, 3.8) is 0 Å². The number of aromatic nitrogens is 2. The van der Waals surface area contributed by atoms with Gasteiger partial charge in [0.2, 0.25) is 0 Å². The lowest BCUT2D eigenvalue weighted by Crippen LogP contribution is -2.41. The number of carbonyl (C=O) groups is 2. The summed E-state index contributed by atoms with van der Waals surface area (Å²) >= 11 is 0. The van der Waals surface area contributed by atoms with Crippen LogP contribution in [0.3, 0.4) is 0 Å². The Hall–Kier alpha value is -2.02. The molecule has 0 aliphatic rings. The molecule has 7 nitrogen and oxygen atoms in total. The van der Waals surface area contributed by atoms with Gasteiger partial charge in [-0.25, -0.2) is 9.78 Å². The Labute approximate surface area is 97.5 Å². The van der Waals surface area contributed by atoms with Gasteiger partial charge in [0.25, 0.3) is 5.91 Å². The molecule has 1 rings (SSSR count). The molecule has 1 aromatic heterocycles. The molecule has 0 unspecified atom stereocenters. The van der Waals surface area contributed by atoms with Crippen LogP contribution in [0.1, 0.15) is 22.6 Å². The summed E-state index contributed by atoms with van der Waals surface area (Å²) in [7, 11) is 0. The fourth-order valence-corrected chi connectivity index (χ4v) is 1.13. The van der Waals surface area contributed by atoms with E-state index in [1.54, 1.807) is 6.92 Å². The van der Waals surface area contributed by atoms with E-state index in [2.05, 4.69) is 15.3 Å². The van der Waals surface area contributed by atoms with Gasteiger partial charge < -0.3 is 15.5 Å². The van der Waals surface area contributed by atoms with Crippen LogP contribution in [-0.2, 0) is 4.79 Å². The average molecular weight is 239 g/mol. The van der Waals surface area contributed by atoms with Crippen LogP contribution in [0.5, 0.6) is 0 Å². The summed E-state index contributed by atoms with van der Waals surface area (Å²) in [5.41, 5.74) is 0.700. The third-order valence-corrected chi connectivity index (χ3v) is 2.03. The second-order valence-electron chi connectivity index (χ2n) is 3.42. The van der Waals surface area contributed by atoms with Crippen LogP contribution in [0, 0.1) is 6.92 Å². The number of amides is 1. The molecule has 0 saturated heterocycles. The van der Waals surface area contributed by atoms with Crippen LogP contribution in [-0.4, -0.2) is 44.7 Å². The van der Waals surface area contributed by atoms with Gasteiger partial charge in [-0.3, -0.25) is 9.78 Å². The zero-order valence-corrected chi connectivity index (χ0v) is 9.25. The van der Waals surface area contributed by atoms with Gasteiger partial charge in [-0.2, -0.15) is 0 Å². The summed E-state index contributed by atoms with van der Waals surface area (Å²) in [4.78, 5) is 30.0. The Bertz CT molecular complexity index is 405. The van der Waals surface area contributed by atoms with Crippen LogP contribution in [0.4, 0.5) is 0 Å². The monoisotopic (exact) mass is 239 g/mol. The van der Waals surface area contributed by atoms with Crippen molar-refractivity contribution in [3.05, 3.63) is 23.8 Å². The summed E-state index contributed by atoms with van der Waals surface area (Å²) in [6.07, 6.45) is 2.62. The Balaban J connectivity index is 2.70. The van der Waals surface area contributed by atoms with Crippen molar-refractivity contribution in [3.8, 4) is 0 Å². The van der Waals surface area contributed by atoms with Gasteiger partial charge in [-0.15, -0.1) is 0 Å². The second-order valence-corrected chi connectivity index (χ2v) is 3.42.